The van der Waals surface area contributed by atoms with Crippen molar-refractivity contribution in [1.82, 2.24) is 14.9 Å². The first-order valence-electron chi connectivity index (χ1n) is 9.90. The number of hydrogen-bond acceptors (Lipinski definition) is 6. The van der Waals surface area contributed by atoms with Crippen molar-refractivity contribution in [1.29, 1.82) is 0 Å². The predicted octanol–water partition coefficient (Wildman–Crippen LogP) is 3.45. The highest BCUT2D eigenvalue weighted by molar-refractivity contribution is 5.95. The molecule has 1 aliphatic rings. The third-order valence-electron chi connectivity index (χ3n) is 5.15. The van der Waals surface area contributed by atoms with E-state index in [1.54, 1.807) is 0 Å². The maximum atomic E-state index is 6.02. The lowest BCUT2D eigenvalue weighted by molar-refractivity contribution is 0.405. The smallest absolute Gasteiger partial charge is 0.128 e. The molecular weight excluding hydrogens is 348 g/mol. The molecule has 1 aliphatic heterocycles. The largest absolute Gasteiger partial charge is 0.399 e. The Labute approximate surface area is 166 Å². The Morgan fingerprint density at radius 3 is 2.68 bits per heavy atom. The molecule has 0 radical (unpaired) electrons. The van der Waals surface area contributed by atoms with Gasteiger partial charge in [-0.15, -0.1) is 0 Å². The van der Waals surface area contributed by atoms with Crippen molar-refractivity contribution in [3.63, 3.8) is 0 Å². The van der Waals surface area contributed by atoms with E-state index in [1.165, 1.54) is 6.42 Å². The van der Waals surface area contributed by atoms with Gasteiger partial charge in [0.2, 0.25) is 0 Å². The number of aromatic nitrogens is 2. The number of rotatable bonds is 7. The summed E-state index contributed by atoms with van der Waals surface area (Å²) in [6.45, 7) is 4.15. The van der Waals surface area contributed by atoms with Crippen LogP contribution in [0.3, 0.4) is 0 Å². The quantitative estimate of drug-likeness (QED) is 0.486. The fourth-order valence-electron chi connectivity index (χ4n) is 3.43. The summed E-state index contributed by atoms with van der Waals surface area (Å²) in [5, 5.41) is 4.63. The van der Waals surface area contributed by atoms with E-state index in [2.05, 4.69) is 52.4 Å². The zero-order valence-electron chi connectivity index (χ0n) is 16.7. The van der Waals surface area contributed by atoms with Gasteiger partial charge in [-0.2, -0.15) is 0 Å². The van der Waals surface area contributed by atoms with Crippen LogP contribution in [0.15, 0.2) is 42.6 Å². The Morgan fingerprint density at radius 1 is 1.14 bits per heavy atom. The van der Waals surface area contributed by atoms with Crippen LogP contribution in [0.25, 0.3) is 22.2 Å². The number of hydrogen-bond donors (Lipinski definition) is 2. The van der Waals surface area contributed by atoms with E-state index < -0.39 is 0 Å². The second-order valence-corrected chi connectivity index (χ2v) is 7.66. The van der Waals surface area contributed by atoms with Crippen LogP contribution in [0, 0.1) is 0 Å². The summed E-state index contributed by atoms with van der Waals surface area (Å²) in [7, 11) is 4.19. The van der Waals surface area contributed by atoms with Crippen molar-refractivity contribution in [3.05, 3.63) is 42.6 Å². The van der Waals surface area contributed by atoms with E-state index in [4.69, 9.17) is 10.7 Å². The molecule has 3 aromatic rings. The molecule has 0 saturated carbocycles. The summed E-state index contributed by atoms with van der Waals surface area (Å²) in [6, 6.07) is 12.2. The van der Waals surface area contributed by atoms with Gasteiger partial charge in [0.1, 0.15) is 5.82 Å². The molecule has 0 spiro atoms. The molecule has 2 aromatic heterocycles. The number of pyridine rings is 2. The van der Waals surface area contributed by atoms with Gasteiger partial charge in [0, 0.05) is 48.2 Å². The summed E-state index contributed by atoms with van der Waals surface area (Å²) in [5.41, 5.74) is 10.7. The topological polar surface area (TPSA) is 70.3 Å². The molecule has 6 heteroatoms. The van der Waals surface area contributed by atoms with Crippen LogP contribution < -0.4 is 16.0 Å². The summed E-state index contributed by atoms with van der Waals surface area (Å²) >= 11 is 0. The molecular formula is C22H28N6. The standard InChI is InChI=1S/C22H28N6/c1-27(2)10-3-9-24-21-14-20(26-19-7-6-17(23)13-18(19)21)16-5-8-22(25-15-16)28-11-4-12-28/h5-8,13-15H,3-4,9-12,23H2,1-2H3,(H,24,26). The Hall–Kier alpha value is -2.86. The fraction of sp³-hybridized carbons (Fsp3) is 0.364. The van der Waals surface area contributed by atoms with Crippen LogP contribution in [0.4, 0.5) is 17.2 Å². The predicted molar refractivity (Wildman–Crippen MR) is 118 cm³/mol. The number of nitrogens with zero attached hydrogens (tertiary/aromatic N) is 4. The molecule has 0 bridgehead atoms. The first-order valence-corrected chi connectivity index (χ1v) is 9.90. The first-order chi connectivity index (χ1) is 13.6. The van der Waals surface area contributed by atoms with Gasteiger partial charge < -0.3 is 20.9 Å². The number of nitrogens with one attached hydrogen (secondary N) is 1. The molecule has 0 aliphatic carbocycles. The maximum absolute atomic E-state index is 6.02. The van der Waals surface area contributed by atoms with Crippen molar-refractivity contribution in [2.75, 3.05) is 56.2 Å². The highest BCUT2D eigenvalue weighted by Gasteiger charge is 2.16. The molecule has 6 nitrogen and oxygen atoms in total. The number of fused-ring (bicyclic) bond motifs is 1. The zero-order valence-corrected chi connectivity index (χ0v) is 16.7. The third-order valence-corrected chi connectivity index (χ3v) is 5.15. The van der Waals surface area contributed by atoms with Crippen LogP contribution in [0.2, 0.25) is 0 Å². The van der Waals surface area contributed by atoms with Crippen LogP contribution in [0.1, 0.15) is 12.8 Å². The summed E-state index contributed by atoms with van der Waals surface area (Å²) in [5.74, 6) is 1.05. The monoisotopic (exact) mass is 376 g/mol. The van der Waals surface area contributed by atoms with Crippen molar-refractivity contribution in [2.24, 2.45) is 0 Å². The Kier molecular flexibility index (Phi) is 5.30. The average molecular weight is 377 g/mol. The van der Waals surface area contributed by atoms with Crippen LogP contribution in [-0.4, -0.2) is 55.1 Å². The molecule has 28 heavy (non-hydrogen) atoms. The van der Waals surface area contributed by atoms with Crippen molar-refractivity contribution < 1.29 is 0 Å². The third kappa shape index (κ3) is 4.02. The minimum absolute atomic E-state index is 0.749. The van der Waals surface area contributed by atoms with E-state index in [0.29, 0.717) is 0 Å². The van der Waals surface area contributed by atoms with Gasteiger partial charge in [-0.1, -0.05) is 0 Å². The maximum Gasteiger partial charge on any atom is 0.128 e. The highest BCUT2D eigenvalue weighted by atomic mass is 15.2. The minimum Gasteiger partial charge on any atom is -0.399 e. The molecule has 3 N–H and O–H groups in total. The van der Waals surface area contributed by atoms with E-state index >= 15 is 0 Å². The first kappa shape index (κ1) is 18.5. The van der Waals surface area contributed by atoms with Crippen LogP contribution >= 0.6 is 0 Å². The summed E-state index contributed by atoms with van der Waals surface area (Å²) < 4.78 is 0. The molecule has 0 unspecified atom stereocenters. The summed E-state index contributed by atoms with van der Waals surface area (Å²) in [4.78, 5) is 14.0. The molecule has 0 atom stereocenters. The second-order valence-electron chi connectivity index (χ2n) is 7.66. The lowest BCUT2D eigenvalue weighted by atomic mass is 10.1. The minimum atomic E-state index is 0.749. The van der Waals surface area contributed by atoms with E-state index in [9.17, 15) is 0 Å². The van der Waals surface area contributed by atoms with Gasteiger partial charge in [0.05, 0.1) is 11.2 Å². The zero-order chi connectivity index (χ0) is 19.5. The molecule has 3 heterocycles. The fourth-order valence-corrected chi connectivity index (χ4v) is 3.43. The van der Waals surface area contributed by atoms with E-state index in [-0.39, 0.29) is 0 Å². The highest BCUT2D eigenvalue weighted by Crippen LogP contribution is 2.30. The van der Waals surface area contributed by atoms with Gasteiger partial charge in [0.15, 0.2) is 0 Å². The Morgan fingerprint density at radius 2 is 2.00 bits per heavy atom. The molecule has 1 aromatic carbocycles. The van der Waals surface area contributed by atoms with Gasteiger partial charge in [0.25, 0.3) is 0 Å². The number of nitrogens with two attached hydrogens (primary N) is 1. The van der Waals surface area contributed by atoms with Crippen LogP contribution in [-0.2, 0) is 0 Å². The average Bonchev–Trinajstić information content (AvgIpc) is 2.64. The number of anilines is 3. The number of nitrogen functional groups attached to an aromatic ring is 1. The Bertz CT molecular complexity index is 947. The van der Waals surface area contributed by atoms with Crippen LogP contribution in [0.5, 0.6) is 0 Å². The normalized spacial score (nSPS) is 13.8. The molecule has 1 fully saturated rings. The van der Waals surface area contributed by atoms with Gasteiger partial charge >= 0.3 is 0 Å². The van der Waals surface area contributed by atoms with E-state index in [0.717, 1.165) is 72.0 Å². The van der Waals surface area contributed by atoms with Crippen molar-refractivity contribution in [2.45, 2.75) is 12.8 Å². The molecule has 146 valence electrons. The second kappa shape index (κ2) is 8.02. The lowest BCUT2D eigenvalue weighted by Gasteiger charge is -2.31. The van der Waals surface area contributed by atoms with Crippen molar-refractivity contribution in [3.8, 4) is 11.3 Å². The van der Waals surface area contributed by atoms with Crippen molar-refractivity contribution >= 4 is 28.1 Å². The molecule has 1 saturated heterocycles. The van der Waals surface area contributed by atoms with E-state index in [1.807, 2.05) is 24.4 Å². The van der Waals surface area contributed by atoms with Gasteiger partial charge in [-0.05, 0) is 69.9 Å². The number of benzene rings is 1. The summed E-state index contributed by atoms with van der Waals surface area (Å²) in [6.07, 6.45) is 4.25. The van der Waals surface area contributed by atoms with Gasteiger partial charge in [-0.25, -0.2) is 9.97 Å². The van der Waals surface area contributed by atoms with Gasteiger partial charge in [-0.3, -0.25) is 0 Å². The molecule has 0 amide bonds. The lowest BCUT2D eigenvalue weighted by Crippen LogP contribution is -2.37. The Balaban J connectivity index is 1.63. The SMILES string of the molecule is CN(C)CCCNc1cc(-c2ccc(N3CCC3)nc2)nc2ccc(N)cc12. The molecule has 4 rings (SSSR count).